The second kappa shape index (κ2) is 2.77. The molecule has 0 saturated carbocycles. The fourth-order valence-electron chi connectivity index (χ4n) is 1.79. The lowest BCUT2D eigenvalue weighted by atomic mass is 10.1. The van der Waals surface area contributed by atoms with Gasteiger partial charge in [-0.1, -0.05) is 18.2 Å². The van der Waals surface area contributed by atoms with Crippen LogP contribution in [0.2, 0.25) is 0 Å². The van der Waals surface area contributed by atoms with Gasteiger partial charge in [-0.3, -0.25) is 0 Å². The lowest BCUT2D eigenvalue weighted by Crippen LogP contribution is -2.25. The highest BCUT2D eigenvalue weighted by Gasteiger charge is 2.23. The molecule has 4 nitrogen and oxygen atoms in total. The zero-order valence-electron chi connectivity index (χ0n) is 8.01. The molecular formula is C11H10N4. The van der Waals surface area contributed by atoms with E-state index in [2.05, 4.69) is 9.98 Å². The zero-order chi connectivity index (χ0) is 10.4. The van der Waals surface area contributed by atoms with Crippen molar-refractivity contribution < 1.29 is 0 Å². The summed E-state index contributed by atoms with van der Waals surface area (Å²) >= 11 is 0. The van der Waals surface area contributed by atoms with Gasteiger partial charge in [0, 0.05) is 5.39 Å². The third-order valence-corrected chi connectivity index (χ3v) is 2.60. The minimum atomic E-state index is -0.357. The maximum Gasteiger partial charge on any atom is 0.123 e. The van der Waals surface area contributed by atoms with E-state index in [9.17, 15) is 0 Å². The minimum Gasteiger partial charge on any atom is -0.385 e. The van der Waals surface area contributed by atoms with Gasteiger partial charge in [0.2, 0.25) is 0 Å². The summed E-state index contributed by atoms with van der Waals surface area (Å²) in [5.41, 5.74) is 14.0. The molecule has 74 valence electrons. The number of fused-ring (bicyclic) bond motifs is 2. The molecule has 1 aliphatic heterocycles. The molecule has 1 atom stereocenters. The first-order valence-corrected chi connectivity index (χ1v) is 4.75. The maximum absolute atomic E-state index is 5.86. The third kappa shape index (κ3) is 1.12. The molecule has 2 heterocycles. The van der Waals surface area contributed by atoms with Gasteiger partial charge in [0.25, 0.3) is 0 Å². The van der Waals surface area contributed by atoms with Crippen LogP contribution in [-0.4, -0.2) is 10.8 Å². The summed E-state index contributed by atoms with van der Waals surface area (Å²) in [5.74, 6) is 0.438. The number of hydrogen-bond donors (Lipinski definition) is 2. The van der Waals surface area contributed by atoms with E-state index in [0.717, 1.165) is 22.3 Å². The summed E-state index contributed by atoms with van der Waals surface area (Å²) in [5, 5.41) is 1.06. The molecule has 4 heteroatoms. The Hall–Kier alpha value is -1.94. The highest BCUT2D eigenvalue weighted by Crippen LogP contribution is 2.32. The molecule has 0 spiro atoms. The van der Waals surface area contributed by atoms with Crippen molar-refractivity contribution in [3.05, 3.63) is 36.0 Å². The Morgan fingerprint density at radius 2 is 2.00 bits per heavy atom. The second-order valence-corrected chi connectivity index (χ2v) is 3.60. The molecule has 0 amide bonds. The Balaban J connectivity index is 2.33. The molecule has 0 saturated heterocycles. The first-order valence-electron chi connectivity index (χ1n) is 4.75. The Morgan fingerprint density at radius 3 is 2.87 bits per heavy atom. The van der Waals surface area contributed by atoms with Crippen molar-refractivity contribution in [3.8, 4) is 0 Å². The van der Waals surface area contributed by atoms with E-state index in [1.807, 2.05) is 30.3 Å². The van der Waals surface area contributed by atoms with Crippen LogP contribution in [-0.2, 0) is 0 Å². The quantitative estimate of drug-likeness (QED) is 0.668. The molecule has 1 aromatic heterocycles. The molecule has 1 unspecified atom stereocenters. The Kier molecular flexibility index (Phi) is 1.55. The fraction of sp³-hybridized carbons (Fsp3) is 0.0909. The number of benzene rings is 1. The predicted molar refractivity (Wildman–Crippen MR) is 60.0 cm³/mol. The molecule has 1 aromatic carbocycles. The molecule has 0 aliphatic carbocycles. The number of pyridine rings is 1. The monoisotopic (exact) mass is 198 g/mol. The number of aliphatic imine (C=N–C) groups is 1. The van der Waals surface area contributed by atoms with E-state index < -0.39 is 0 Å². The normalized spacial score (nSPS) is 19.0. The number of hydrogen-bond acceptors (Lipinski definition) is 4. The van der Waals surface area contributed by atoms with Gasteiger partial charge < -0.3 is 11.5 Å². The zero-order valence-corrected chi connectivity index (χ0v) is 8.01. The largest absolute Gasteiger partial charge is 0.385 e. The summed E-state index contributed by atoms with van der Waals surface area (Å²) < 4.78 is 0. The number of aromatic nitrogens is 1. The van der Waals surface area contributed by atoms with Gasteiger partial charge in [0.1, 0.15) is 11.9 Å². The summed E-state index contributed by atoms with van der Waals surface area (Å²) in [7, 11) is 0. The van der Waals surface area contributed by atoms with Gasteiger partial charge >= 0.3 is 0 Å². The first-order chi connectivity index (χ1) is 7.25. The number of rotatable bonds is 0. The number of nitrogens with zero attached hydrogens (tertiary/aromatic N) is 2. The van der Waals surface area contributed by atoms with Crippen LogP contribution in [0.25, 0.3) is 10.9 Å². The van der Waals surface area contributed by atoms with E-state index >= 15 is 0 Å². The Bertz CT molecular complexity index is 574. The van der Waals surface area contributed by atoms with E-state index in [-0.39, 0.29) is 6.04 Å². The number of nitrogens with two attached hydrogens (primary N) is 2. The van der Waals surface area contributed by atoms with Crippen molar-refractivity contribution in [1.82, 2.24) is 4.98 Å². The number of para-hydroxylation sites is 1. The fourth-order valence-corrected chi connectivity index (χ4v) is 1.79. The van der Waals surface area contributed by atoms with Crippen LogP contribution in [0.3, 0.4) is 0 Å². The molecule has 0 radical (unpaired) electrons. The Morgan fingerprint density at radius 1 is 1.20 bits per heavy atom. The van der Waals surface area contributed by atoms with Crippen molar-refractivity contribution in [1.29, 1.82) is 0 Å². The Labute approximate surface area is 86.6 Å². The highest BCUT2D eigenvalue weighted by atomic mass is 15.0. The van der Waals surface area contributed by atoms with Gasteiger partial charge in [-0.05, 0) is 12.1 Å². The topological polar surface area (TPSA) is 77.3 Å². The van der Waals surface area contributed by atoms with Gasteiger partial charge in [-0.15, -0.1) is 0 Å². The van der Waals surface area contributed by atoms with E-state index in [1.54, 1.807) is 0 Å². The van der Waals surface area contributed by atoms with Crippen molar-refractivity contribution in [2.24, 2.45) is 16.5 Å². The molecule has 2 aromatic rings. The second-order valence-electron chi connectivity index (χ2n) is 3.60. The SMILES string of the molecule is NC1=Nc2cc3ccccc3nc2C1N. The summed E-state index contributed by atoms with van der Waals surface area (Å²) in [6.45, 7) is 0. The van der Waals surface area contributed by atoms with Crippen LogP contribution in [0.5, 0.6) is 0 Å². The molecule has 4 N–H and O–H groups in total. The van der Waals surface area contributed by atoms with Crippen molar-refractivity contribution >= 4 is 22.4 Å². The van der Waals surface area contributed by atoms with Gasteiger partial charge in [0.05, 0.1) is 16.9 Å². The van der Waals surface area contributed by atoms with Crippen LogP contribution >= 0.6 is 0 Å². The smallest absolute Gasteiger partial charge is 0.123 e. The van der Waals surface area contributed by atoms with Gasteiger partial charge in [-0.2, -0.15) is 0 Å². The third-order valence-electron chi connectivity index (χ3n) is 2.60. The number of amidine groups is 1. The highest BCUT2D eigenvalue weighted by molar-refractivity contribution is 5.96. The van der Waals surface area contributed by atoms with Gasteiger partial charge in [0.15, 0.2) is 0 Å². The average molecular weight is 198 g/mol. The van der Waals surface area contributed by atoms with Crippen molar-refractivity contribution in [3.63, 3.8) is 0 Å². The first kappa shape index (κ1) is 8.38. The lowest BCUT2D eigenvalue weighted by molar-refractivity contribution is 0.934. The molecular weight excluding hydrogens is 188 g/mol. The summed E-state index contributed by atoms with van der Waals surface area (Å²) in [6.07, 6.45) is 0. The maximum atomic E-state index is 5.86. The summed E-state index contributed by atoms with van der Waals surface area (Å²) in [6, 6.07) is 9.49. The molecule has 1 aliphatic rings. The van der Waals surface area contributed by atoms with E-state index in [0.29, 0.717) is 5.84 Å². The van der Waals surface area contributed by atoms with Crippen LogP contribution in [0.4, 0.5) is 5.69 Å². The predicted octanol–water partition coefficient (Wildman–Crippen LogP) is 1.24. The molecule has 3 rings (SSSR count). The van der Waals surface area contributed by atoms with Crippen LogP contribution in [0, 0.1) is 0 Å². The van der Waals surface area contributed by atoms with Gasteiger partial charge in [-0.25, -0.2) is 9.98 Å². The van der Waals surface area contributed by atoms with Crippen molar-refractivity contribution in [2.75, 3.05) is 0 Å². The summed E-state index contributed by atoms with van der Waals surface area (Å²) in [4.78, 5) is 8.66. The molecule has 15 heavy (non-hydrogen) atoms. The molecule has 0 fully saturated rings. The minimum absolute atomic E-state index is 0.357. The lowest BCUT2D eigenvalue weighted by Gasteiger charge is -2.05. The van der Waals surface area contributed by atoms with Crippen LogP contribution < -0.4 is 11.5 Å². The van der Waals surface area contributed by atoms with Crippen LogP contribution in [0.15, 0.2) is 35.3 Å². The molecule has 0 bridgehead atoms. The van der Waals surface area contributed by atoms with E-state index in [1.165, 1.54) is 0 Å². The van der Waals surface area contributed by atoms with Crippen molar-refractivity contribution in [2.45, 2.75) is 6.04 Å². The average Bonchev–Trinajstić information content (AvgIpc) is 2.52. The standard InChI is InChI=1S/C11H10N4/c12-9-10-8(15-11(9)13)5-6-3-1-2-4-7(6)14-10/h1-5,9H,12H2,(H2,13,15). The van der Waals surface area contributed by atoms with Crippen LogP contribution in [0.1, 0.15) is 11.7 Å². The van der Waals surface area contributed by atoms with E-state index in [4.69, 9.17) is 11.5 Å².